The van der Waals surface area contributed by atoms with Crippen LogP contribution < -0.4 is 5.32 Å². The standard InChI is InChI=1S/C14H18ClN3S/c1-14(2,3)12-11(8-16-4)19-13(18-12)10-6-5-9(15)7-17-10/h5-7,16H,8H2,1-4H3. The van der Waals surface area contributed by atoms with Crippen LogP contribution in [0.3, 0.4) is 0 Å². The monoisotopic (exact) mass is 295 g/mol. The van der Waals surface area contributed by atoms with Crippen molar-refractivity contribution in [3.63, 3.8) is 0 Å². The summed E-state index contributed by atoms with van der Waals surface area (Å²) in [6.07, 6.45) is 1.66. The molecule has 2 rings (SSSR count). The molecule has 0 spiro atoms. The number of halogens is 1. The summed E-state index contributed by atoms with van der Waals surface area (Å²) in [5, 5.41) is 4.80. The fourth-order valence-electron chi connectivity index (χ4n) is 1.83. The zero-order chi connectivity index (χ0) is 14.0. The highest BCUT2D eigenvalue weighted by atomic mass is 35.5. The van der Waals surface area contributed by atoms with Crippen molar-refractivity contribution in [3.8, 4) is 10.7 Å². The van der Waals surface area contributed by atoms with Crippen LogP contribution in [0.15, 0.2) is 18.3 Å². The number of thiazole rings is 1. The van der Waals surface area contributed by atoms with Crippen molar-refractivity contribution >= 4 is 22.9 Å². The summed E-state index contributed by atoms with van der Waals surface area (Å²) < 4.78 is 0. The Balaban J connectivity index is 2.45. The summed E-state index contributed by atoms with van der Waals surface area (Å²) in [6.45, 7) is 7.37. The molecule has 0 atom stereocenters. The molecule has 102 valence electrons. The Kier molecular flexibility index (Phi) is 4.23. The molecule has 0 aliphatic heterocycles. The van der Waals surface area contributed by atoms with Gasteiger partial charge in [-0.25, -0.2) is 4.98 Å². The first-order valence-electron chi connectivity index (χ1n) is 6.18. The molecular weight excluding hydrogens is 278 g/mol. The number of nitrogens with zero attached hydrogens (tertiary/aromatic N) is 2. The lowest BCUT2D eigenvalue weighted by atomic mass is 9.91. The van der Waals surface area contributed by atoms with E-state index in [-0.39, 0.29) is 5.41 Å². The third-order valence-corrected chi connectivity index (χ3v) is 3.99. The molecule has 0 unspecified atom stereocenters. The van der Waals surface area contributed by atoms with E-state index in [0.717, 1.165) is 22.9 Å². The van der Waals surface area contributed by atoms with Gasteiger partial charge in [0.15, 0.2) is 0 Å². The van der Waals surface area contributed by atoms with Crippen LogP contribution in [0.25, 0.3) is 10.7 Å². The van der Waals surface area contributed by atoms with Crippen LogP contribution in [0.2, 0.25) is 5.02 Å². The van der Waals surface area contributed by atoms with Gasteiger partial charge >= 0.3 is 0 Å². The quantitative estimate of drug-likeness (QED) is 0.934. The van der Waals surface area contributed by atoms with Crippen LogP contribution in [0.4, 0.5) is 0 Å². The largest absolute Gasteiger partial charge is 0.315 e. The summed E-state index contributed by atoms with van der Waals surface area (Å²) >= 11 is 7.56. The van der Waals surface area contributed by atoms with Crippen molar-refractivity contribution in [2.45, 2.75) is 32.7 Å². The van der Waals surface area contributed by atoms with Crippen molar-refractivity contribution < 1.29 is 0 Å². The summed E-state index contributed by atoms with van der Waals surface area (Å²) in [7, 11) is 1.95. The highest BCUT2D eigenvalue weighted by molar-refractivity contribution is 7.15. The Bertz CT molecular complexity index is 555. The van der Waals surface area contributed by atoms with Crippen molar-refractivity contribution in [1.82, 2.24) is 15.3 Å². The highest BCUT2D eigenvalue weighted by Crippen LogP contribution is 2.33. The molecule has 0 bridgehead atoms. The Morgan fingerprint density at radius 1 is 1.32 bits per heavy atom. The van der Waals surface area contributed by atoms with Crippen LogP contribution in [0, 0.1) is 0 Å². The maximum Gasteiger partial charge on any atom is 0.142 e. The van der Waals surface area contributed by atoms with Gasteiger partial charge < -0.3 is 5.32 Å². The van der Waals surface area contributed by atoms with Gasteiger partial charge in [0.05, 0.1) is 16.4 Å². The highest BCUT2D eigenvalue weighted by Gasteiger charge is 2.23. The minimum Gasteiger partial charge on any atom is -0.315 e. The van der Waals surface area contributed by atoms with Crippen molar-refractivity contribution in [3.05, 3.63) is 33.9 Å². The molecule has 0 amide bonds. The van der Waals surface area contributed by atoms with Crippen LogP contribution in [0.5, 0.6) is 0 Å². The zero-order valence-corrected chi connectivity index (χ0v) is 13.2. The molecule has 2 aromatic rings. The molecule has 2 aromatic heterocycles. The molecule has 0 radical (unpaired) electrons. The molecule has 5 heteroatoms. The van der Waals surface area contributed by atoms with E-state index in [9.17, 15) is 0 Å². The number of pyridine rings is 1. The second kappa shape index (κ2) is 5.57. The second-order valence-electron chi connectivity index (χ2n) is 5.43. The molecule has 2 heterocycles. The molecule has 0 saturated heterocycles. The Hall–Kier alpha value is -0.970. The number of aromatic nitrogens is 2. The molecule has 0 saturated carbocycles. The molecule has 3 nitrogen and oxygen atoms in total. The smallest absolute Gasteiger partial charge is 0.142 e. The zero-order valence-electron chi connectivity index (χ0n) is 11.6. The lowest BCUT2D eigenvalue weighted by Crippen LogP contribution is -2.16. The van der Waals surface area contributed by atoms with Crippen LogP contribution in [-0.2, 0) is 12.0 Å². The SMILES string of the molecule is CNCc1sc(-c2ccc(Cl)cn2)nc1C(C)(C)C. The first-order chi connectivity index (χ1) is 8.91. The average Bonchev–Trinajstić information content (AvgIpc) is 2.74. The van der Waals surface area contributed by atoms with Gasteiger partial charge in [-0.15, -0.1) is 11.3 Å². The number of nitrogens with one attached hydrogen (secondary N) is 1. The van der Waals surface area contributed by atoms with Crippen molar-refractivity contribution in [1.29, 1.82) is 0 Å². The van der Waals surface area contributed by atoms with E-state index in [2.05, 4.69) is 31.1 Å². The lowest BCUT2D eigenvalue weighted by Gasteiger charge is -2.17. The summed E-state index contributed by atoms with van der Waals surface area (Å²) in [5.41, 5.74) is 2.05. The van der Waals surface area contributed by atoms with Crippen molar-refractivity contribution in [2.24, 2.45) is 0 Å². The fourth-order valence-corrected chi connectivity index (χ4v) is 3.20. The van der Waals surface area contributed by atoms with Crippen LogP contribution >= 0.6 is 22.9 Å². The lowest BCUT2D eigenvalue weighted by molar-refractivity contribution is 0.563. The molecule has 0 aliphatic rings. The Labute approximate surface area is 123 Å². The van der Waals surface area contributed by atoms with E-state index in [1.54, 1.807) is 17.5 Å². The van der Waals surface area contributed by atoms with Gasteiger partial charge in [0, 0.05) is 23.0 Å². The van der Waals surface area contributed by atoms with Gasteiger partial charge in [0.25, 0.3) is 0 Å². The summed E-state index contributed by atoms with van der Waals surface area (Å²) in [6, 6.07) is 3.76. The molecule has 0 aromatic carbocycles. The molecule has 19 heavy (non-hydrogen) atoms. The molecular formula is C14H18ClN3S. The van der Waals surface area contributed by atoms with Gasteiger partial charge in [-0.05, 0) is 19.2 Å². The second-order valence-corrected chi connectivity index (χ2v) is 6.95. The predicted octanol–water partition coefficient (Wildman–Crippen LogP) is 3.88. The third kappa shape index (κ3) is 3.32. The third-order valence-electron chi connectivity index (χ3n) is 2.69. The van der Waals surface area contributed by atoms with Crippen LogP contribution in [-0.4, -0.2) is 17.0 Å². The number of hydrogen-bond donors (Lipinski definition) is 1. The Morgan fingerprint density at radius 2 is 2.05 bits per heavy atom. The summed E-state index contributed by atoms with van der Waals surface area (Å²) in [5.74, 6) is 0. The maximum absolute atomic E-state index is 5.87. The van der Waals surface area contributed by atoms with Gasteiger partial charge in [0.1, 0.15) is 5.01 Å². The van der Waals surface area contributed by atoms with E-state index >= 15 is 0 Å². The Morgan fingerprint density at radius 3 is 2.58 bits per heavy atom. The topological polar surface area (TPSA) is 37.8 Å². The first kappa shape index (κ1) is 14.4. The van der Waals surface area contributed by atoms with E-state index in [1.165, 1.54) is 4.88 Å². The molecule has 0 fully saturated rings. The van der Waals surface area contributed by atoms with Gasteiger partial charge in [-0.2, -0.15) is 0 Å². The number of rotatable bonds is 3. The van der Waals surface area contributed by atoms with Gasteiger partial charge in [-0.1, -0.05) is 32.4 Å². The van der Waals surface area contributed by atoms with Gasteiger partial charge in [-0.3, -0.25) is 4.98 Å². The minimum atomic E-state index is 0.0351. The normalized spacial score (nSPS) is 11.8. The van der Waals surface area contributed by atoms with Gasteiger partial charge in [0.2, 0.25) is 0 Å². The maximum atomic E-state index is 5.87. The first-order valence-corrected chi connectivity index (χ1v) is 7.38. The van der Waals surface area contributed by atoms with E-state index in [1.807, 2.05) is 19.2 Å². The molecule has 0 aliphatic carbocycles. The minimum absolute atomic E-state index is 0.0351. The van der Waals surface area contributed by atoms with E-state index in [0.29, 0.717) is 5.02 Å². The van der Waals surface area contributed by atoms with E-state index < -0.39 is 0 Å². The van der Waals surface area contributed by atoms with E-state index in [4.69, 9.17) is 16.6 Å². The van der Waals surface area contributed by atoms with Crippen molar-refractivity contribution in [2.75, 3.05) is 7.05 Å². The number of hydrogen-bond acceptors (Lipinski definition) is 4. The predicted molar refractivity (Wildman–Crippen MR) is 81.8 cm³/mol. The average molecular weight is 296 g/mol. The molecule has 1 N–H and O–H groups in total. The summed E-state index contributed by atoms with van der Waals surface area (Å²) in [4.78, 5) is 10.4. The fraction of sp³-hybridized carbons (Fsp3) is 0.429. The van der Waals surface area contributed by atoms with Crippen LogP contribution in [0.1, 0.15) is 31.3 Å².